The van der Waals surface area contributed by atoms with Crippen LogP contribution in [0.5, 0.6) is 0 Å². The molecule has 1 amide bonds. The number of carbonyl (C=O) groups excluding carboxylic acids is 1. The number of rotatable bonds is 2. The molecule has 2 aromatic carbocycles. The quantitative estimate of drug-likeness (QED) is 0.847. The van der Waals surface area contributed by atoms with Crippen molar-refractivity contribution < 1.29 is 4.79 Å². The molecule has 0 aromatic heterocycles. The topological polar surface area (TPSA) is 29.1 Å². The van der Waals surface area contributed by atoms with E-state index in [-0.39, 0.29) is 5.91 Å². The van der Waals surface area contributed by atoms with Gasteiger partial charge in [0.05, 0.1) is 0 Å². The SMILES string of the molecule is C=c1ccc(C#Cc2ccc(C(=O)NC)cc2)c/c1=C/C=C\C. The van der Waals surface area contributed by atoms with E-state index in [1.165, 1.54) is 0 Å². The van der Waals surface area contributed by atoms with E-state index in [0.717, 1.165) is 21.6 Å². The summed E-state index contributed by atoms with van der Waals surface area (Å²) in [6.07, 6.45) is 5.98. The molecule has 2 heteroatoms. The Kier molecular flexibility index (Phi) is 5.55. The van der Waals surface area contributed by atoms with Crippen LogP contribution in [-0.2, 0) is 0 Å². The molecule has 2 aromatic rings. The first kappa shape index (κ1) is 16.3. The first-order valence-corrected chi connectivity index (χ1v) is 7.40. The number of allylic oxidation sites excluding steroid dienone is 2. The van der Waals surface area contributed by atoms with Gasteiger partial charge in [-0.05, 0) is 53.8 Å². The molecular formula is C21H19NO. The molecule has 2 rings (SSSR count). The number of nitrogens with one attached hydrogen (secondary N) is 1. The zero-order valence-electron chi connectivity index (χ0n) is 13.4. The molecule has 0 aliphatic rings. The molecule has 0 radical (unpaired) electrons. The highest BCUT2D eigenvalue weighted by molar-refractivity contribution is 5.94. The smallest absolute Gasteiger partial charge is 0.251 e. The Balaban J connectivity index is 2.28. The molecule has 0 fully saturated rings. The molecule has 23 heavy (non-hydrogen) atoms. The summed E-state index contributed by atoms with van der Waals surface area (Å²) in [6.45, 7) is 5.99. The van der Waals surface area contributed by atoms with Gasteiger partial charge in [0.2, 0.25) is 0 Å². The second-order valence-electron chi connectivity index (χ2n) is 5.01. The Labute approximate surface area is 136 Å². The fourth-order valence-electron chi connectivity index (χ4n) is 2.02. The maximum Gasteiger partial charge on any atom is 0.251 e. The van der Waals surface area contributed by atoms with E-state index >= 15 is 0 Å². The number of benzene rings is 2. The molecule has 0 atom stereocenters. The van der Waals surface area contributed by atoms with Gasteiger partial charge in [0.1, 0.15) is 0 Å². The van der Waals surface area contributed by atoms with Gasteiger partial charge in [-0.25, -0.2) is 0 Å². The molecular weight excluding hydrogens is 282 g/mol. The summed E-state index contributed by atoms with van der Waals surface area (Å²) in [7, 11) is 1.62. The van der Waals surface area contributed by atoms with Gasteiger partial charge in [0, 0.05) is 23.7 Å². The van der Waals surface area contributed by atoms with Crippen molar-refractivity contribution in [3.63, 3.8) is 0 Å². The van der Waals surface area contributed by atoms with E-state index in [1.54, 1.807) is 19.2 Å². The Bertz CT molecular complexity index is 894. The summed E-state index contributed by atoms with van der Waals surface area (Å²) in [4.78, 5) is 11.5. The maximum absolute atomic E-state index is 11.5. The van der Waals surface area contributed by atoms with Crippen molar-refractivity contribution in [2.24, 2.45) is 0 Å². The summed E-state index contributed by atoms with van der Waals surface area (Å²) in [5.74, 6) is 6.16. The van der Waals surface area contributed by atoms with Crippen LogP contribution in [0.1, 0.15) is 28.4 Å². The van der Waals surface area contributed by atoms with Gasteiger partial charge in [-0.15, -0.1) is 0 Å². The standard InChI is InChI=1S/C21H19NO/c1-4-5-6-20-15-18(8-7-16(20)2)10-9-17-11-13-19(14-12-17)21(23)22-3/h4-8,11-15H,2H2,1,3H3,(H,22,23)/b5-4-,20-6-. The van der Waals surface area contributed by atoms with Crippen molar-refractivity contribution in [1.82, 2.24) is 5.32 Å². The van der Waals surface area contributed by atoms with Crippen molar-refractivity contribution in [2.45, 2.75) is 6.92 Å². The fraction of sp³-hybridized carbons (Fsp3) is 0.0952. The fourth-order valence-corrected chi connectivity index (χ4v) is 2.02. The number of carbonyl (C=O) groups is 1. The van der Waals surface area contributed by atoms with Crippen LogP contribution in [-0.4, -0.2) is 13.0 Å². The molecule has 0 aliphatic heterocycles. The Morgan fingerprint density at radius 3 is 2.39 bits per heavy atom. The largest absolute Gasteiger partial charge is 0.355 e. The van der Waals surface area contributed by atoms with E-state index in [4.69, 9.17) is 0 Å². The maximum atomic E-state index is 11.5. The van der Waals surface area contributed by atoms with Crippen molar-refractivity contribution in [2.75, 3.05) is 7.05 Å². The Hall–Kier alpha value is -3.05. The van der Waals surface area contributed by atoms with Crippen LogP contribution in [0.15, 0.2) is 54.6 Å². The molecule has 0 saturated carbocycles. The van der Waals surface area contributed by atoms with Crippen LogP contribution in [0.3, 0.4) is 0 Å². The highest BCUT2D eigenvalue weighted by atomic mass is 16.1. The third kappa shape index (κ3) is 4.46. The lowest BCUT2D eigenvalue weighted by molar-refractivity contribution is 0.0963. The van der Waals surface area contributed by atoms with Gasteiger partial charge in [-0.1, -0.05) is 42.7 Å². The molecule has 0 saturated heterocycles. The van der Waals surface area contributed by atoms with Crippen LogP contribution in [0.4, 0.5) is 0 Å². The van der Waals surface area contributed by atoms with E-state index in [0.29, 0.717) is 5.56 Å². The predicted molar refractivity (Wildman–Crippen MR) is 96.3 cm³/mol. The molecule has 0 heterocycles. The average Bonchev–Trinajstić information content (AvgIpc) is 2.59. The summed E-state index contributed by atoms with van der Waals surface area (Å²) >= 11 is 0. The van der Waals surface area contributed by atoms with Crippen LogP contribution in [0.25, 0.3) is 12.7 Å². The summed E-state index contributed by atoms with van der Waals surface area (Å²) in [5.41, 5.74) is 2.43. The van der Waals surface area contributed by atoms with Crippen LogP contribution in [0, 0.1) is 11.8 Å². The van der Waals surface area contributed by atoms with Crippen LogP contribution < -0.4 is 15.8 Å². The molecule has 0 bridgehead atoms. The van der Waals surface area contributed by atoms with Gasteiger partial charge in [-0.3, -0.25) is 4.79 Å². The summed E-state index contributed by atoms with van der Waals surface area (Å²) < 4.78 is 0. The van der Waals surface area contributed by atoms with E-state index in [1.807, 2.05) is 55.5 Å². The molecule has 114 valence electrons. The molecule has 2 nitrogen and oxygen atoms in total. The molecule has 0 unspecified atom stereocenters. The average molecular weight is 301 g/mol. The van der Waals surface area contributed by atoms with Gasteiger partial charge in [0.15, 0.2) is 0 Å². The first-order chi connectivity index (χ1) is 11.1. The second-order valence-corrected chi connectivity index (χ2v) is 5.01. The Morgan fingerprint density at radius 1 is 1.09 bits per heavy atom. The third-order valence-electron chi connectivity index (χ3n) is 3.34. The normalized spacial score (nSPS) is 11.1. The Morgan fingerprint density at radius 2 is 1.74 bits per heavy atom. The van der Waals surface area contributed by atoms with Crippen molar-refractivity contribution in [3.8, 4) is 11.8 Å². The monoisotopic (exact) mass is 301 g/mol. The number of amides is 1. The summed E-state index contributed by atoms with van der Waals surface area (Å²) in [6, 6.07) is 13.2. The van der Waals surface area contributed by atoms with Gasteiger partial charge >= 0.3 is 0 Å². The zero-order chi connectivity index (χ0) is 16.7. The lowest BCUT2D eigenvalue weighted by Crippen LogP contribution is -2.22. The lowest BCUT2D eigenvalue weighted by atomic mass is 10.1. The zero-order valence-corrected chi connectivity index (χ0v) is 13.4. The van der Waals surface area contributed by atoms with Crippen molar-refractivity contribution in [3.05, 3.63) is 81.7 Å². The highest BCUT2D eigenvalue weighted by Crippen LogP contribution is 2.03. The van der Waals surface area contributed by atoms with Gasteiger partial charge < -0.3 is 5.32 Å². The number of hydrogen-bond donors (Lipinski definition) is 1. The van der Waals surface area contributed by atoms with E-state index in [2.05, 4.69) is 23.7 Å². The second kappa shape index (κ2) is 7.82. The highest BCUT2D eigenvalue weighted by Gasteiger charge is 2.00. The van der Waals surface area contributed by atoms with Crippen LogP contribution >= 0.6 is 0 Å². The van der Waals surface area contributed by atoms with E-state index < -0.39 is 0 Å². The van der Waals surface area contributed by atoms with Crippen molar-refractivity contribution in [1.29, 1.82) is 0 Å². The minimum Gasteiger partial charge on any atom is -0.355 e. The molecule has 0 spiro atoms. The van der Waals surface area contributed by atoms with Gasteiger partial charge in [-0.2, -0.15) is 0 Å². The third-order valence-corrected chi connectivity index (χ3v) is 3.34. The minimum atomic E-state index is -0.0975. The molecule has 0 aliphatic carbocycles. The number of hydrogen-bond acceptors (Lipinski definition) is 1. The lowest BCUT2D eigenvalue weighted by Gasteiger charge is -1.98. The van der Waals surface area contributed by atoms with Crippen LogP contribution in [0.2, 0.25) is 0 Å². The molecule has 1 N–H and O–H groups in total. The van der Waals surface area contributed by atoms with Gasteiger partial charge in [0.25, 0.3) is 5.91 Å². The van der Waals surface area contributed by atoms with E-state index in [9.17, 15) is 4.79 Å². The first-order valence-electron chi connectivity index (χ1n) is 7.40. The minimum absolute atomic E-state index is 0.0975. The predicted octanol–water partition coefficient (Wildman–Crippen LogP) is 2.21. The summed E-state index contributed by atoms with van der Waals surface area (Å²) in [5, 5.41) is 4.63. The van der Waals surface area contributed by atoms with Crippen molar-refractivity contribution >= 4 is 18.6 Å².